The van der Waals surface area contributed by atoms with E-state index in [9.17, 15) is 0 Å². The van der Waals surface area contributed by atoms with E-state index in [1.54, 1.807) is 23.9 Å². The quantitative estimate of drug-likeness (QED) is 0.194. The molecule has 7 heteroatoms. The van der Waals surface area contributed by atoms with Crippen LogP contribution in [0.1, 0.15) is 0 Å². The van der Waals surface area contributed by atoms with E-state index >= 15 is 0 Å². The van der Waals surface area contributed by atoms with Crippen LogP contribution in [-0.4, -0.2) is 9.71 Å². The van der Waals surface area contributed by atoms with Gasteiger partial charge in [-0.1, -0.05) is 28.6 Å². The van der Waals surface area contributed by atoms with Crippen LogP contribution in [0.4, 0.5) is 0 Å². The van der Waals surface area contributed by atoms with Crippen molar-refractivity contribution in [1.82, 2.24) is 9.71 Å². The van der Waals surface area contributed by atoms with E-state index in [-0.39, 0.29) is 0 Å². The maximum Gasteiger partial charge on any atom is 0.179 e. The number of furan rings is 1. The SMILES string of the molecule is c1ccc(SOOn2cc(-c3ccoc3)c3cc(-c4cccs4)cnc32)cc1. The van der Waals surface area contributed by atoms with Gasteiger partial charge in [-0.15, -0.1) is 16.1 Å². The highest BCUT2D eigenvalue weighted by Gasteiger charge is 2.16. The van der Waals surface area contributed by atoms with Crippen molar-refractivity contribution in [2.45, 2.75) is 4.90 Å². The van der Waals surface area contributed by atoms with E-state index in [0.717, 1.165) is 43.9 Å². The number of fused-ring (bicyclic) bond motifs is 1. The Kier molecular flexibility index (Phi) is 4.62. The summed E-state index contributed by atoms with van der Waals surface area (Å²) in [7, 11) is 0. The molecule has 28 heavy (non-hydrogen) atoms. The number of rotatable bonds is 6. The maximum absolute atomic E-state index is 5.52. The topological polar surface area (TPSA) is 49.4 Å². The number of hydrogen-bond donors (Lipinski definition) is 0. The number of aromatic nitrogens is 2. The van der Waals surface area contributed by atoms with Crippen LogP contribution in [0.5, 0.6) is 0 Å². The van der Waals surface area contributed by atoms with E-state index in [0.29, 0.717) is 5.65 Å². The summed E-state index contributed by atoms with van der Waals surface area (Å²) in [6.07, 6.45) is 7.05. The lowest BCUT2D eigenvalue weighted by Gasteiger charge is -2.04. The summed E-state index contributed by atoms with van der Waals surface area (Å²) < 4.78 is 12.2. The van der Waals surface area contributed by atoms with Gasteiger partial charge >= 0.3 is 0 Å². The minimum Gasteiger partial charge on any atom is -0.472 e. The molecule has 1 aromatic carbocycles. The molecule has 4 heterocycles. The molecule has 5 rings (SSSR count). The van der Waals surface area contributed by atoms with E-state index in [1.165, 1.54) is 4.73 Å². The number of hydrogen-bond acceptors (Lipinski definition) is 6. The summed E-state index contributed by atoms with van der Waals surface area (Å²) in [5, 5.41) is 3.01. The highest BCUT2D eigenvalue weighted by Crippen LogP contribution is 2.34. The molecule has 5 nitrogen and oxygen atoms in total. The van der Waals surface area contributed by atoms with Crippen molar-refractivity contribution in [3.8, 4) is 21.6 Å². The minimum atomic E-state index is 0.671. The second-order valence-corrected chi connectivity index (χ2v) is 7.71. The zero-order valence-electron chi connectivity index (χ0n) is 14.5. The van der Waals surface area contributed by atoms with Gasteiger partial charge in [0.15, 0.2) is 5.65 Å². The molecule has 0 aliphatic carbocycles. The Labute approximate surface area is 169 Å². The Morgan fingerprint density at radius 2 is 1.96 bits per heavy atom. The van der Waals surface area contributed by atoms with Gasteiger partial charge in [0.1, 0.15) is 0 Å². The smallest absolute Gasteiger partial charge is 0.179 e. The molecule has 0 unspecified atom stereocenters. The molecular formula is C21H14N2O3S2. The lowest BCUT2D eigenvalue weighted by Crippen LogP contribution is -2.07. The van der Waals surface area contributed by atoms with Gasteiger partial charge in [0, 0.05) is 38.0 Å². The second kappa shape index (κ2) is 7.55. The minimum absolute atomic E-state index is 0.671. The van der Waals surface area contributed by atoms with Gasteiger partial charge < -0.3 is 4.42 Å². The third-order valence-corrected chi connectivity index (χ3v) is 5.75. The molecule has 0 aliphatic heterocycles. The molecule has 0 radical (unpaired) electrons. The first-order valence-electron chi connectivity index (χ1n) is 8.53. The van der Waals surface area contributed by atoms with Crippen LogP contribution >= 0.6 is 23.4 Å². The maximum atomic E-state index is 5.52. The lowest BCUT2D eigenvalue weighted by atomic mass is 10.1. The molecule has 0 aliphatic rings. The number of benzene rings is 1. The van der Waals surface area contributed by atoms with Gasteiger partial charge in [-0.3, -0.25) is 0 Å². The predicted molar refractivity (Wildman–Crippen MR) is 111 cm³/mol. The molecule has 0 spiro atoms. The summed E-state index contributed by atoms with van der Waals surface area (Å²) in [4.78, 5) is 12.2. The summed E-state index contributed by atoms with van der Waals surface area (Å²) in [6.45, 7) is 0. The Bertz CT molecular complexity index is 1180. The van der Waals surface area contributed by atoms with Crippen molar-refractivity contribution in [3.05, 3.63) is 84.9 Å². The van der Waals surface area contributed by atoms with E-state index < -0.39 is 0 Å². The van der Waals surface area contributed by atoms with Gasteiger partial charge in [-0.2, -0.15) is 0 Å². The first-order valence-corrected chi connectivity index (χ1v) is 10.1. The molecule has 0 saturated carbocycles. The van der Waals surface area contributed by atoms with Gasteiger partial charge in [0.2, 0.25) is 0 Å². The number of pyridine rings is 1. The van der Waals surface area contributed by atoms with Gasteiger partial charge in [-0.05, 0) is 35.7 Å². The van der Waals surface area contributed by atoms with Crippen molar-refractivity contribution in [1.29, 1.82) is 0 Å². The fourth-order valence-corrected chi connectivity index (χ4v) is 4.08. The Balaban J connectivity index is 1.50. The van der Waals surface area contributed by atoms with Crippen LogP contribution in [0.2, 0.25) is 0 Å². The molecule has 0 amide bonds. The zero-order valence-corrected chi connectivity index (χ0v) is 16.2. The molecule has 5 aromatic rings. The van der Waals surface area contributed by atoms with Gasteiger partial charge in [0.05, 0.1) is 30.8 Å². The van der Waals surface area contributed by atoms with Crippen LogP contribution in [0.15, 0.2) is 94.2 Å². The van der Waals surface area contributed by atoms with Crippen molar-refractivity contribution in [2.75, 3.05) is 0 Å². The summed E-state index contributed by atoms with van der Waals surface area (Å²) >= 11 is 2.83. The summed E-state index contributed by atoms with van der Waals surface area (Å²) in [6, 6.07) is 17.9. The molecular weight excluding hydrogens is 392 g/mol. The Morgan fingerprint density at radius 3 is 2.75 bits per heavy atom. The highest BCUT2D eigenvalue weighted by molar-refractivity contribution is 7.94. The van der Waals surface area contributed by atoms with Crippen molar-refractivity contribution in [2.24, 2.45) is 0 Å². The fourth-order valence-electron chi connectivity index (χ4n) is 2.92. The third kappa shape index (κ3) is 3.31. The Hall–Kier alpha value is -3.00. The largest absolute Gasteiger partial charge is 0.472 e. The second-order valence-electron chi connectivity index (χ2n) is 5.99. The number of nitrogens with zero attached hydrogens (tertiary/aromatic N) is 2. The van der Waals surface area contributed by atoms with E-state index in [2.05, 4.69) is 22.5 Å². The molecule has 0 fully saturated rings. The van der Waals surface area contributed by atoms with Crippen LogP contribution < -0.4 is 4.99 Å². The molecule has 0 bridgehead atoms. The van der Waals surface area contributed by atoms with E-state index in [1.807, 2.05) is 54.9 Å². The lowest BCUT2D eigenvalue weighted by molar-refractivity contribution is -0.188. The predicted octanol–water partition coefficient (Wildman–Crippen LogP) is 6.09. The van der Waals surface area contributed by atoms with Crippen LogP contribution in [0.25, 0.3) is 32.6 Å². The highest BCUT2D eigenvalue weighted by atomic mass is 32.2. The van der Waals surface area contributed by atoms with Crippen molar-refractivity contribution >= 4 is 34.4 Å². The van der Waals surface area contributed by atoms with Crippen LogP contribution in [0, 0.1) is 0 Å². The van der Waals surface area contributed by atoms with Crippen molar-refractivity contribution in [3.63, 3.8) is 0 Å². The first kappa shape index (κ1) is 17.1. The molecule has 4 aromatic heterocycles. The monoisotopic (exact) mass is 406 g/mol. The summed E-state index contributed by atoms with van der Waals surface area (Å²) in [5.74, 6) is 0. The van der Waals surface area contributed by atoms with Gasteiger partial charge in [0.25, 0.3) is 0 Å². The molecule has 0 saturated heterocycles. The first-order chi connectivity index (χ1) is 13.9. The molecule has 0 N–H and O–H groups in total. The summed E-state index contributed by atoms with van der Waals surface area (Å²) in [5.41, 5.74) is 3.64. The zero-order chi connectivity index (χ0) is 18.8. The third-order valence-electron chi connectivity index (χ3n) is 4.23. The Morgan fingerprint density at radius 1 is 1.04 bits per heavy atom. The molecule has 0 atom stereocenters. The fraction of sp³-hybridized carbons (Fsp3) is 0. The van der Waals surface area contributed by atoms with Crippen LogP contribution in [-0.2, 0) is 4.33 Å². The van der Waals surface area contributed by atoms with Crippen molar-refractivity contribution < 1.29 is 13.7 Å². The molecule has 138 valence electrons. The van der Waals surface area contributed by atoms with Gasteiger partial charge in [-0.25, -0.2) is 9.97 Å². The average molecular weight is 406 g/mol. The average Bonchev–Trinajstić information content (AvgIpc) is 3.49. The van der Waals surface area contributed by atoms with E-state index in [4.69, 9.17) is 13.7 Å². The van der Waals surface area contributed by atoms with Crippen LogP contribution in [0.3, 0.4) is 0 Å². The number of thiophene rings is 1. The normalized spacial score (nSPS) is 11.1. The standard InChI is InChI=1S/C21H14N2O3S2/c1-2-5-17(6-3-1)28-26-25-23-13-19(15-8-9-24-14-15)18-11-16(12-22-21(18)23)20-7-4-10-27-20/h1-14H.